The lowest BCUT2D eigenvalue weighted by molar-refractivity contribution is -0.870. The number of allylic oxidation sites excluding steroid dienone is 7. The second-order valence-corrected chi connectivity index (χ2v) is 21.3. The summed E-state index contributed by atoms with van der Waals surface area (Å²) in [6, 6.07) is -0.893. The van der Waals surface area contributed by atoms with Gasteiger partial charge in [-0.15, -0.1) is 0 Å². The fourth-order valence-electron chi connectivity index (χ4n) is 7.99. The summed E-state index contributed by atoms with van der Waals surface area (Å²) in [5.74, 6) is -0.207. The summed E-state index contributed by atoms with van der Waals surface area (Å²) >= 11 is 0. The number of hydrogen-bond acceptors (Lipinski definition) is 6. The lowest BCUT2D eigenvalue weighted by Gasteiger charge is -2.29. The molecule has 0 radical (unpaired) electrons. The van der Waals surface area contributed by atoms with Crippen molar-refractivity contribution in [3.05, 3.63) is 48.6 Å². The SMILES string of the molecule is CC/C=C\C/C=C\C/C=C\CCCCCCCCCC(=O)NC(COP(=O)([O-])OCC[N+](C)(C)C)C(O)/C=C/CCCCCCCCCCCCCCCCCCCCCCCCCC. The number of aliphatic hydroxyl groups excluding tert-OH is 1. The van der Waals surface area contributed by atoms with Gasteiger partial charge in [-0.25, -0.2) is 0 Å². The van der Waals surface area contributed by atoms with Crippen molar-refractivity contribution in [2.75, 3.05) is 40.9 Å². The third-order valence-corrected chi connectivity index (χ3v) is 13.3. The van der Waals surface area contributed by atoms with Crippen LogP contribution < -0.4 is 10.2 Å². The molecule has 0 aliphatic heterocycles. The number of phosphoric acid groups is 1. The molecule has 0 aliphatic carbocycles. The summed E-state index contributed by atoms with van der Waals surface area (Å²) in [6.07, 6.45) is 61.8. The molecule has 0 aromatic carbocycles. The number of phosphoric ester groups is 1. The normalized spacial score (nSPS) is 14.4. The van der Waals surface area contributed by atoms with Gasteiger partial charge in [-0.05, 0) is 51.4 Å². The minimum absolute atomic E-state index is 0.00413. The summed E-state index contributed by atoms with van der Waals surface area (Å²) in [5, 5.41) is 13.9. The molecule has 0 bridgehead atoms. The van der Waals surface area contributed by atoms with E-state index in [4.69, 9.17) is 9.05 Å². The highest BCUT2D eigenvalue weighted by atomic mass is 31.2. The fourth-order valence-corrected chi connectivity index (χ4v) is 8.72. The smallest absolute Gasteiger partial charge is 0.268 e. The Bertz CT molecular complexity index is 1200. The summed E-state index contributed by atoms with van der Waals surface area (Å²) in [5.41, 5.74) is 0. The molecule has 0 spiro atoms. The standard InChI is InChI=1S/C56H107N2O6P/c1-6-8-10-12-14-16-18-20-22-24-25-26-27-28-29-30-31-32-34-35-37-39-41-43-45-47-49-55(59)54(53-64-65(61,62)63-52-51-58(3,4)5)57-56(60)50-48-46-44-42-40-38-36-33-23-21-19-17-15-13-11-9-7-2/h9,11,15,17,21,23,47,49,54-55,59H,6-8,10,12-14,16,18-20,22,24-46,48,50-53H2,1-5H3,(H-,57,60,61,62)/b11-9-,17-15-,23-21-,49-47+. The first-order chi connectivity index (χ1) is 31.5. The second-order valence-electron chi connectivity index (χ2n) is 19.9. The van der Waals surface area contributed by atoms with E-state index in [9.17, 15) is 19.4 Å². The lowest BCUT2D eigenvalue weighted by atomic mass is 10.0. The second kappa shape index (κ2) is 47.5. The molecule has 1 amide bonds. The maximum absolute atomic E-state index is 12.9. The maximum Gasteiger partial charge on any atom is 0.268 e. The van der Waals surface area contributed by atoms with Crippen LogP contribution >= 0.6 is 7.82 Å². The number of unbranched alkanes of at least 4 members (excludes halogenated alkanes) is 31. The highest BCUT2D eigenvalue weighted by Crippen LogP contribution is 2.38. The third-order valence-electron chi connectivity index (χ3n) is 12.3. The zero-order valence-corrected chi connectivity index (χ0v) is 44.3. The van der Waals surface area contributed by atoms with Gasteiger partial charge in [-0.2, -0.15) is 0 Å². The van der Waals surface area contributed by atoms with E-state index in [1.165, 1.54) is 161 Å². The lowest BCUT2D eigenvalue weighted by Crippen LogP contribution is -2.45. The Balaban J connectivity index is 4.22. The molecule has 3 unspecified atom stereocenters. The van der Waals surface area contributed by atoms with Gasteiger partial charge < -0.3 is 28.8 Å². The third kappa shape index (κ3) is 50.2. The minimum atomic E-state index is -4.60. The summed E-state index contributed by atoms with van der Waals surface area (Å²) in [6.45, 7) is 4.55. The van der Waals surface area contributed by atoms with E-state index in [2.05, 4.69) is 55.6 Å². The quantitative estimate of drug-likeness (QED) is 0.0272. The van der Waals surface area contributed by atoms with Gasteiger partial charge in [0.25, 0.3) is 7.82 Å². The topological polar surface area (TPSA) is 108 Å². The molecule has 382 valence electrons. The molecule has 2 N–H and O–H groups in total. The van der Waals surface area contributed by atoms with Crippen LogP contribution in [0.1, 0.15) is 251 Å². The predicted molar refractivity (Wildman–Crippen MR) is 279 cm³/mol. The Morgan fingerprint density at radius 2 is 0.938 bits per heavy atom. The van der Waals surface area contributed by atoms with Gasteiger partial charge >= 0.3 is 0 Å². The fraction of sp³-hybridized carbons (Fsp3) is 0.839. The summed E-state index contributed by atoms with van der Waals surface area (Å²) in [7, 11) is 1.25. The molecule has 0 aromatic rings. The van der Waals surface area contributed by atoms with Crippen molar-refractivity contribution in [3.8, 4) is 0 Å². The Hall–Kier alpha value is -1.54. The molecule has 65 heavy (non-hydrogen) atoms. The molecule has 0 heterocycles. The van der Waals surface area contributed by atoms with Gasteiger partial charge in [-0.3, -0.25) is 9.36 Å². The van der Waals surface area contributed by atoms with Crippen molar-refractivity contribution >= 4 is 13.7 Å². The molecule has 8 nitrogen and oxygen atoms in total. The number of amides is 1. The average molecular weight is 935 g/mol. The van der Waals surface area contributed by atoms with Crippen molar-refractivity contribution in [1.29, 1.82) is 0 Å². The molecule has 0 rings (SSSR count). The van der Waals surface area contributed by atoms with Gasteiger partial charge in [0.1, 0.15) is 13.2 Å². The van der Waals surface area contributed by atoms with Gasteiger partial charge in [0.05, 0.1) is 39.9 Å². The number of hydrogen-bond donors (Lipinski definition) is 2. The van der Waals surface area contributed by atoms with E-state index in [1.54, 1.807) is 6.08 Å². The number of nitrogens with one attached hydrogen (secondary N) is 1. The van der Waals surface area contributed by atoms with Crippen molar-refractivity contribution < 1.29 is 32.9 Å². The maximum atomic E-state index is 12.9. The minimum Gasteiger partial charge on any atom is -0.756 e. The van der Waals surface area contributed by atoms with Crippen LogP contribution in [0, 0.1) is 0 Å². The first kappa shape index (κ1) is 63.5. The zero-order valence-electron chi connectivity index (χ0n) is 43.4. The number of nitrogens with zero attached hydrogens (tertiary/aromatic N) is 1. The molecular weight excluding hydrogens is 828 g/mol. The Morgan fingerprint density at radius 3 is 1.37 bits per heavy atom. The summed E-state index contributed by atoms with van der Waals surface area (Å²) < 4.78 is 23.3. The number of carbonyl (C=O) groups is 1. The molecule has 0 fully saturated rings. The first-order valence-corrected chi connectivity index (χ1v) is 29.0. The van der Waals surface area contributed by atoms with Crippen molar-refractivity contribution in [2.45, 2.75) is 264 Å². The number of carbonyl (C=O) groups excluding carboxylic acids is 1. The first-order valence-electron chi connectivity index (χ1n) is 27.5. The van der Waals surface area contributed by atoms with Crippen LogP contribution in [0.5, 0.6) is 0 Å². The Morgan fingerprint density at radius 1 is 0.554 bits per heavy atom. The number of rotatable bonds is 50. The van der Waals surface area contributed by atoms with Crippen LogP contribution in [0.25, 0.3) is 0 Å². The molecule has 0 saturated carbocycles. The Kier molecular flexibility index (Phi) is 46.4. The average Bonchev–Trinajstić information content (AvgIpc) is 3.26. The molecular formula is C56H107N2O6P. The highest BCUT2D eigenvalue weighted by Gasteiger charge is 2.23. The van der Waals surface area contributed by atoms with Gasteiger partial charge in [0.15, 0.2) is 0 Å². The van der Waals surface area contributed by atoms with Gasteiger partial charge in [0.2, 0.25) is 5.91 Å². The van der Waals surface area contributed by atoms with E-state index in [0.29, 0.717) is 17.4 Å². The molecule has 0 saturated heterocycles. The monoisotopic (exact) mass is 935 g/mol. The number of aliphatic hydroxyl groups is 1. The largest absolute Gasteiger partial charge is 0.756 e. The predicted octanol–water partition coefficient (Wildman–Crippen LogP) is 15.7. The molecule has 9 heteroatoms. The highest BCUT2D eigenvalue weighted by molar-refractivity contribution is 7.45. The molecule has 3 atom stereocenters. The van der Waals surface area contributed by atoms with Crippen LogP contribution in [0.2, 0.25) is 0 Å². The van der Waals surface area contributed by atoms with E-state index >= 15 is 0 Å². The van der Waals surface area contributed by atoms with Crippen LogP contribution in [-0.2, 0) is 18.4 Å². The van der Waals surface area contributed by atoms with E-state index in [-0.39, 0.29) is 19.1 Å². The summed E-state index contributed by atoms with van der Waals surface area (Å²) in [4.78, 5) is 25.4. The van der Waals surface area contributed by atoms with E-state index < -0.39 is 20.0 Å². The zero-order chi connectivity index (χ0) is 47.8. The van der Waals surface area contributed by atoms with Crippen molar-refractivity contribution in [1.82, 2.24) is 5.32 Å². The van der Waals surface area contributed by atoms with Gasteiger partial charge in [-0.1, -0.05) is 242 Å². The van der Waals surface area contributed by atoms with Crippen LogP contribution in [0.3, 0.4) is 0 Å². The van der Waals surface area contributed by atoms with E-state index in [1.807, 2.05) is 27.2 Å². The van der Waals surface area contributed by atoms with E-state index in [0.717, 1.165) is 70.6 Å². The van der Waals surface area contributed by atoms with Gasteiger partial charge in [0, 0.05) is 6.42 Å². The molecule has 0 aliphatic rings. The van der Waals surface area contributed by atoms with Crippen LogP contribution in [0.4, 0.5) is 0 Å². The van der Waals surface area contributed by atoms with Crippen molar-refractivity contribution in [2.24, 2.45) is 0 Å². The van der Waals surface area contributed by atoms with Crippen molar-refractivity contribution in [3.63, 3.8) is 0 Å². The number of quaternary nitrogens is 1. The van der Waals surface area contributed by atoms with Crippen LogP contribution in [0.15, 0.2) is 48.6 Å². The molecule has 0 aromatic heterocycles. The van der Waals surface area contributed by atoms with Crippen LogP contribution in [-0.4, -0.2) is 68.5 Å². The Labute approximate surface area is 403 Å². The number of likely N-dealkylation sites (N-methyl/N-ethyl adjacent to an activating group) is 1.